The Labute approximate surface area is 121 Å². The van der Waals surface area contributed by atoms with Crippen molar-refractivity contribution in [1.29, 1.82) is 0 Å². The second-order valence-corrected chi connectivity index (χ2v) is 4.43. The topological polar surface area (TPSA) is 49.0 Å². The Balaban J connectivity index is 2.71. The molecule has 0 bridgehead atoms. The highest BCUT2D eigenvalue weighted by Crippen LogP contribution is 2.38. The molecule has 5 nitrogen and oxygen atoms in total. The number of methoxy groups -OCH3 is 3. The van der Waals surface area contributed by atoms with Crippen LogP contribution in [0.15, 0.2) is 12.1 Å². The van der Waals surface area contributed by atoms with E-state index in [4.69, 9.17) is 18.9 Å². The molecule has 1 rings (SSSR count). The van der Waals surface area contributed by atoms with Gasteiger partial charge in [0.15, 0.2) is 11.5 Å². The molecule has 114 valence electrons. The molecule has 1 atom stereocenters. The van der Waals surface area contributed by atoms with E-state index in [0.717, 1.165) is 18.7 Å². The summed E-state index contributed by atoms with van der Waals surface area (Å²) in [6, 6.07) is 3.89. The minimum atomic E-state index is 0.196. The molecule has 0 amide bonds. The van der Waals surface area contributed by atoms with Crippen molar-refractivity contribution in [2.24, 2.45) is 0 Å². The molecular weight excluding hydrogens is 258 g/mol. The standard InChI is InChI=1S/C15H25NO4/c1-6-20-11(2)9-16-10-12-7-13(17-3)15(19-5)14(8-12)18-4/h7-8,11,16H,6,9-10H2,1-5H3. The van der Waals surface area contributed by atoms with Crippen molar-refractivity contribution in [1.82, 2.24) is 5.32 Å². The zero-order valence-electron chi connectivity index (χ0n) is 13.0. The minimum absolute atomic E-state index is 0.196. The van der Waals surface area contributed by atoms with Crippen molar-refractivity contribution in [2.75, 3.05) is 34.5 Å². The van der Waals surface area contributed by atoms with Crippen molar-refractivity contribution < 1.29 is 18.9 Å². The van der Waals surface area contributed by atoms with Crippen LogP contribution in [0.5, 0.6) is 17.2 Å². The van der Waals surface area contributed by atoms with Crippen molar-refractivity contribution in [3.63, 3.8) is 0 Å². The molecule has 1 aromatic rings. The summed E-state index contributed by atoms with van der Waals surface area (Å²) in [5.41, 5.74) is 1.07. The Morgan fingerprint density at radius 1 is 1.05 bits per heavy atom. The molecule has 0 saturated carbocycles. The number of ether oxygens (including phenoxy) is 4. The fourth-order valence-corrected chi connectivity index (χ4v) is 2.00. The largest absolute Gasteiger partial charge is 0.493 e. The molecule has 5 heteroatoms. The van der Waals surface area contributed by atoms with Gasteiger partial charge in [0, 0.05) is 19.7 Å². The second-order valence-electron chi connectivity index (χ2n) is 4.43. The van der Waals surface area contributed by atoms with Crippen LogP contribution in [0.25, 0.3) is 0 Å². The third kappa shape index (κ3) is 4.58. The lowest BCUT2D eigenvalue weighted by Crippen LogP contribution is -2.26. The highest BCUT2D eigenvalue weighted by Gasteiger charge is 2.13. The van der Waals surface area contributed by atoms with E-state index in [1.165, 1.54) is 0 Å². The van der Waals surface area contributed by atoms with E-state index >= 15 is 0 Å². The zero-order chi connectivity index (χ0) is 15.0. The van der Waals surface area contributed by atoms with Gasteiger partial charge in [-0.05, 0) is 31.5 Å². The predicted molar refractivity (Wildman–Crippen MR) is 78.9 cm³/mol. The van der Waals surface area contributed by atoms with E-state index in [-0.39, 0.29) is 6.10 Å². The number of benzene rings is 1. The Bertz CT molecular complexity index is 384. The molecule has 20 heavy (non-hydrogen) atoms. The molecule has 1 N–H and O–H groups in total. The highest BCUT2D eigenvalue weighted by molar-refractivity contribution is 5.53. The Morgan fingerprint density at radius 2 is 1.65 bits per heavy atom. The monoisotopic (exact) mass is 283 g/mol. The van der Waals surface area contributed by atoms with E-state index in [2.05, 4.69) is 5.32 Å². The molecule has 0 aliphatic heterocycles. The van der Waals surface area contributed by atoms with Crippen LogP contribution in [0.4, 0.5) is 0 Å². The molecule has 0 spiro atoms. The van der Waals surface area contributed by atoms with Crippen molar-refractivity contribution >= 4 is 0 Å². The van der Waals surface area contributed by atoms with E-state index < -0.39 is 0 Å². The lowest BCUT2D eigenvalue weighted by Gasteiger charge is -2.16. The third-order valence-corrected chi connectivity index (χ3v) is 2.94. The fraction of sp³-hybridized carbons (Fsp3) is 0.600. The first-order valence-electron chi connectivity index (χ1n) is 6.77. The highest BCUT2D eigenvalue weighted by atomic mass is 16.5. The summed E-state index contributed by atoms with van der Waals surface area (Å²) in [6.07, 6.45) is 0.196. The van der Waals surface area contributed by atoms with Crippen LogP contribution < -0.4 is 19.5 Å². The number of rotatable bonds is 9. The second kappa shape index (κ2) is 8.66. The van der Waals surface area contributed by atoms with Crippen LogP contribution in [-0.4, -0.2) is 40.6 Å². The number of hydrogen-bond acceptors (Lipinski definition) is 5. The van der Waals surface area contributed by atoms with Gasteiger partial charge in [0.1, 0.15) is 0 Å². The van der Waals surface area contributed by atoms with Gasteiger partial charge in [-0.1, -0.05) is 0 Å². The van der Waals surface area contributed by atoms with Crippen LogP contribution in [0.3, 0.4) is 0 Å². The first-order chi connectivity index (χ1) is 9.65. The summed E-state index contributed by atoms with van der Waals surface area (Å²) in [5, 5.41) is 3.35. The summed E-state index contributed by atoms with van der Waals surface area (Å²) >= 11 is 0. The summed E-state index contributed by atoms with van der Waals surface area (Å²) in [5.74, 6) is 1.95. The SMILES string of the molecule is CCOC(C)CNCc1cc(OC)c(OC)c(OC)c1. The summed E-state index contributed by atoms with van der Waals surface area (Å²) in [7, 11) is 4.83. The summed E-state index contributed by atoms with van der Waals surface area (Å²) in [4.78, 5) is 0. The maximum absolute atomic E-state index is 5.47. The van der Waals surface area contributed by atoms with Crippen LogP contribution >= 0.6 is 0 Å². The summed E-state index contributed by atoms with van der Waals surface area (Å²) < 4.78 is 21.4. The first-order valence-corrected chi connectivity index (χ1v) is 6.77. The molecule has 0 heterocycles. The quantitative estimate of drug-likeness (QED) is 0.753. The van der Waals surface area contributed by atoms with Crippen molar-refractivity contribution in [2.45, 2.75) is 26.5 Å². The van der Waals surface area contributed by atoms with Crippen molar-refractivity contribution in [3.05, 3.63) is 17.7 Å². The van der Waals surface area contributed by atoms with Gasteiger partial charge in [0.05, 0.1) is 27.4 Å². The average Bonchev–Trinajstić information content (AvgIpc) is 2.46. The van der Waals surface area contributed by atoms with Crippen LogP contribution in [-0.2, 0) is 11.3 Å². The maximum Gasteiger partial charge on any atom is 0.203 e. The van der Waals surface area contributed by atoms with Crippen LogP contribution in [0.1, 0.15) is 19.4 Å². The molecule has 0 radical (unpaired) electrons. The third-order valence-electron chi connectivity index (χ3n) is 2.94. The van der Waals surface area contributed by atoms with Gasteiger partial charge < -0.3 is 24.3 Å². The van der Waals surface area contributed by atoms with E-state index in [1.807, 2.05) is 26.0 Å². The van der Waals surface area contributed by atoms with E-state index in [0.29, 0.717) is 23.8 Å². The molecule has 0 aliphatic carbocycles. The van der Waals surface area contributed by atoms with E-state index in [1.54, 1.807) is 21.3 Å². The van der Waals surface area contributed by atoms with Crippen molar-refractivity contribution in [3.8, 4) is 17.2 Å². The normalized spacial score (nSPS) is 12.1. The Kier molecular flexibility index (Phi) is 7.18. The molecule has 0 aromatic heterocycles. The number of nitrogens with one attached hydrogen (secondary N) is 1. The molecule has 1 aromatic carbocycles. The van der Waals surface area contributed by atoms with Gasteiger partial charge in [-0.25, -0.2) is 0 Å². The molecule has 0 fully saturated rings. The van der Waals surface area contributed by atoms with Gasteiger partial charge in [-0.3, -0.25) is 0 Å². The molecule has 0 aliphatic rings. The first kappa shape index (κ1) is 16.6. The average molecular weight is 283 g/mol. The van der Waals surface area contributed by atoms with E-state index in [9.17, 15) is 0 Å². The molecule has 1 unspecified atom stereocenters. The van der Waals surface area contributed by atoms with Gasteiger partial charge >= 0.3 is 0 Å². The smallest absolute Gasteiger partial charge is 0.203 e. The van der Waals surface area contributed by atoms with Crippen LogP contribution in [0, 0.1) is 0 Å². The maximum atomic E-state index is 5.47. The van der Waals surface area contributed by atoms with Gasteiger partial charge in [0.2, 0.25) is 5.75 Å². The Morgan fingerprint density at radius 3 is 2.10 bits per heavy atom. The van der Waals surface area contributed by atoms with Gasteiger partial charge in [-0.2, -0.15) is 0 Å². The fourth-order valence-electron chi connectivity index (χ4n) is 2.00. The van der Waals surface area contributed by atoms with Gasteiger partial charge in [0.25, 0.3) is 0 Å². The predicted octanol–water partition coefficient (Wildman–Crippen LogP) is 2.23. The zero-order valence-corrected chi connectivity index (χ0v) is 13.0. The minimum Gasteiger partial charge on any atom is -0.493 e. The number of hydrogen-bond donors (Lipinski definition) is 1. The lowest BCUT2D eigenvalue weighted by molar-refractivity contribution is 0.0759. The molecular formula is C15H25NO4. The summed E-state index contributed by atoms with van der Waals surface area (Å²) in [6.45, 7) is 6.28. The van der Waals surface area contributed by atoms with Crippen LogP contribution in [0.2, 0.25) is 0 Å². The van der Waals surface area contributed by atoms with Gasteiger partial charge in [-0.15, -0.1) is 0 Å². The molecule has 0 saturated heterocycles. The lowest BCUT2D eigenvalue weighted by atomic mass is 10.1. The Hall–Kier alpha value is -1.46.